The molecule has 6 heteroatoms. The SMILES string of the molecule is CCOC(=O)[C@@]1(S(=O)c2ccccc2)C[C@H]2CC(=O)OC2=C[C@H]1C. The Kier molecular flexibility index (Phi) is 4.58. The van der Waals surface area contributed by atoms with Crippen LogP contribution in [0.5, 0.6) is 0 Å². The molecular weight excluding hydrogens is 328 g/mol. The van der Waals surface area contributed by atoms with Gasteiger partial charge < -0.3 is 9.47 Å². The minimum Gasteiger partial charge on any atom is -0.465 e. The van der Waals surface area contributed by atoms with E-state index >= 15 is 0 Å². The van der Waals surface area contributed by atoms with E-state index in [0.717, 1.165) is 0 Å². The number of benzene rings is 1. The van der Waals surface area contributed by atoms with Gasteiger partial charge in [-0.1, -0.05) is 25.1 Å². The summed E-state index contributed by atoms with van der Waals surface area (Å²) >= 11 is 0. The molecule has 1 aromatic rings. The summed E-state index contributed by atoms with van der Waals surface area (Å²) in [4.78, 5) is 25.0. The number of hydrogen-bond acceptors (Lipinski definition) is 5. The zero-order valence-electron chi connectivity index (χ0n) is 13.7. The monoisotopic (exact) mass is 348 g/mol. The lowest BCUT2D eigenvalue weighted by Crippen LogP contribution is -2.52. The summed E-state index contributed by atoms with van der Waals surface area (Å²) < 4.78 is 22.7. The van der Waals surface area contributed by atoms with Crippen LogP contribution in [0.1, 0.15) is 26.7 Å². The highest BCUT2D eigenvalue weighted by Gasteiger charge is 2.56. The largest absolute Gasteiger partial charge is 0.465 e. The van der Waals surface area contributed by atoms with E-state index in [0.29, 0.717) is 10.7 Å². The van der Waals surface area contributed by atoms with Crippen LogP contribution in [0.3, 0.4) is 0 Å². The summed E-state index contributed by atoms with van der Waals surface area (Å²) in [7, 11) is -1.60. The molecule has 1 saturated heterocycles. The third-order valence-electron chi connectivity index (χ3n) is 4.66. The second-order valence-corrected chi connectivity index (χ2v) is 7.87. The van der Waals surface area contributed by atoms with Gasteiger partial charge in [-0.05, 0) is 31.6 Å². The fourth-order valence-electron chi connectivity index (χ4n) is 3.43. The lowest BCUT2D eigenvalue weighted by molar-refractivity contribution is -0.148. The van der Waals surface area contributed by atoms with Gasteiger partial charge >= 0.3 is 11.9 Å². The van der Waals surface area contributed by atoms with Gasteiger partial charge in [-0.2, -0.15) is 0 Å². The summed E-state index contributed by atoms with van der Waals surface area (Å²) in [5, 5.41) is 0. The topological polar surface area (TPSA) is 69.7 Å². The molecule has 0 saturated carbocycles. The number of esters is 2. The molecule has 4 atom stereocenters. The Bertz CT molecular complexity index is 711. The van der Waals surface area contributed by atoms with Crippen LogP contribution in [0.25, 0.3) is 0 Å². The Labute approximate surface area is 143 Å². The first-order valence-corrected chi connectivity index (χ1v) is 9.20. The predicted molar refractivity (Wildman–Crippen MR) is 88.3 cm³/mol. The van der Waals surface area contributed by atoms with Crippen LogP contribution < -0.4 is 0 Å². The first kappa shape index (κ1) is 16.9. The Hall–Kier alpha value is -1.95. The molecule has 0 spiro atoms. The van der Waals surface area contributed by atoms with E-state index in [-0.39, 0.29) is 37.3 Å². The van der Waals surface area contributed by atoms with Crippen LogP contribution in [0, 0.1) is 11.8 Å². The summed E-state index contributed by atoms with van der Waals surface area (Å²) in [6, 6.07) is 8.92. The third kappa shape index (κ3) is 2.69. The van der Waals surface area contributed by atoms with Gasteiger partial charge in [-0.25, -0.2) is 0 Å². The average molecular weight is 348 g/mol. The number of fused-ring (bicyclic) bond motifs is 1. The number of rotatable bonds is 4. The number of carbonyl (C=O) groups excluding carboxylic acids is 2. The van der Waals surface area contributed by atoms with E-state index in [1.165, 1.54) is 0 Å². The minimum atomic E-state index is -1.60. The molecule has 1 aliphatic carbocycles. The molecule has 0 radical (unpaired) electrons. The molecule has 5 nitrogen and oxygen atoms in total. The summed E-state index contributed by atoms with van der Waals surface area (Å²) in [5.41, 5.74) is 0. The lowest BCUT2D eigenvalue weighted by atomic mass is 9.77. The van der Waals surface area contributed by atoms with Crippen molar-refractivity contribution in [3.63, 3.8) is 0 Å². The Morgan fingerprint density at radius 1 is 1.38 bits per heavy atom. The molecule has 1 heterocycles. The minimum absolute atomic E-state index is 0.214. The molecule has 0 amide bonds. The third-order valence-corrected chi connectivity index (χ3v) is 6.72. The molecule has 1 fully saturated rings. The first-order valence-electron chi connectivity index (χ1n) is 8.05. The molecule has 24 heavy (non-hydrogen) atoms. The molecule has 2 aliphatic rings. The molecule has 128 valence electrons. The van der Waals surface area contributed by atoms with Crippen molar-refractivity contribution in [2.45, 2.75) is 36.3 Å². The number of allylic oxidation sites excluding steroid dienone is 2. The lowest BCUT2D eigenvalue weighted by Gasteiger charge is -2.39. The number of hydrogen-bond donors (Lipinski definition) is 0. The molecule has 1 aliphatic heterocycles. The van der Waals surface area contributed by atoms with Crippen LogP contribution in [-0.2, 0) is 29.9 Å². The predicted octanol–water partition coefficient (Wildman–Crippen LogP) is 2.58. The standard InChI is InChI=1S/C18H20O5S/c1-3-22-17(20)18(24(21)14-7-5-4-6-8-14)11-13-10-16(19)23-15(13)9-12(18)2/h4-9,12-13H,3,10-11H2,1-2H3/t12-,13-,18-,24?/m1/s1. The highest BCUT2D eigenvalue weighted by Crippen LogP contribution is 2.47. The van der Waals surface area contributed by atoms with Gasteiger partial charge in [0.1, 0.15) is 5.76 Å². The van der Waals surface area contributed by atoms with Crippen LogP contribution in [0.2, 0.25) is 0 Å². The van der Waals surface area contributed by atoms with Gasteiger partial charge in [-0.3, -0.25) is 13.8 Å². The highest BCUT2D eigenvalue weighted by molar-refractivity contribution is 7.87. The van der Waals surface area contributed by atoms with Crippen molar-refractivity contribution < 1.29 is 23.3 Å². The maximum atomic E-state index is 13.4. The van der Waals surface area contributed by atoms with Crippen LogP contribution >= 0.6 is 0 Å². The van der Waals surface area contributed by atoms with E-state index in [1.54, 1.807) is 37.3 Å². The van der Waals surface area contributed by atoms with E-state index in [4.69, 9.17) is 9.47 Å². The van der Waals surface area contributed by atoms with Gasteiger partial charge in [0.15, 0.2) is 4.75 Å². The zero-order chi connectivity index (χ0) is 17.3. The van der Waals surface area contributed by atoms with Gasteiger partial charge in [0.05, 0.1) is 23.8 Å². The Balaban J connectivity index is 2.06. The maximum absolute atomic E-state index is 13.4. The molecule has 3 rings (SSSR count). The molecular formula is C18H20O5S. The Morgan fingerprint density at radius 2 is 2.08 bits per heavy atom. The summed E-state index contributed by atoms with van der Waals surface area (Å²) in [6.45, 7) is 3.77. The average Bonchev–Trinajstić information content (AvgIpc) is 2.93. The second kappa shape index (κ2) is 6.51. The fraction of sp³-hybridized carbons (Fsp3) is 0.444. The fourth-order valence-corrected chi connectivity index (χ4v) is 5.22. The van der Waals surface area contributed by atoms with Crippen LogP contribution in [-0.4, -0.2) is 27.5 Å². The second-order valence-electron chi connectivity index (χ2n) is 6.13. The first-order chi connectivity index (χ1) is 11.5. The molecule has 0 N–H and O–H groups in total. The van der Waals surface area contributed by atoms with Gasteiger partial charge in [-0.15, -0.1) is 0 Å². The summed E-state index contributed by atoms with van der Waals surface area (Å²) in [6.07, 6.45) is 2.26. The molecule has 0 aromatic heterocycles. The van der Waals surface area contributed by atoms with Crippen molar-refractivity contribution in [2.75, 3.05) is 6.61 Å². The van der Waals surface area contributed by atoms with E-state index in [1.807, 2.05) is 13.0 Å². The van der Waals surface area contributed by atoms with Crippen molar-refractivity contribution in [3.05, 3.63) is 42.2 Å². The molecule has 1 aromatic carbocycles. The van der Waals surface area contributed by atoms with Crippen molar-refractivity contribution in [1.82, 2.24) is 0 Å². The van der Waals surface area contributed by atoms with Gasteiger partial charge in [0.25, 0.3) is 0 Å². The van der Waals surface area contributed by atoms with Crippen molar-refractivity contribution in [3.8, 4) is 0 Å². The zero-order valence-corrected chi connectivity index (χ0v) is 14.5. The van der Waals surface area contributed by atoms with Crippen LogP contribution in [0.4, 0.5) is 0 Å². The van der Waals surface area contributed by atoms with Crippen molar-refractivity contribution in [1.29, 1.82) is 0 Å². The van der Waals surface area contributed by atoms with Gasteiger partial charge in [0.2, 0.25) is 0 Å². The van der Waals surface area contributed by atoms with Gasteiger partial charge in [0, 0.05) is 16.7 Å². The highest BCUT2D eigenvalue weighted by atomic mass is 32.2. The number of carbonyl (C=O) groups is 2. The van der Waals surface area contributed by atoms with Crippen molar-refractivity contribution in [2.24, 2.45) is 11.8 Å². The normalized spacial score (nSPS) is 30.1. The maximum Gasteiger partial charge on any atom is 0.325 e. The van der Waals surface area contributed by atoms with Crippen LogP contribution in [0.15, 0.2) is 47.1 Å². The molecule has 1 unspecified atom stereocenters. The smallest absolute Gasteiger partial charge is 0.325 e. The van der Waals surface area contributed by atoms with E-state index in [9.17, 15) is 13.8 Å². The van der Waals surface area contributed by atoms with Crippen molar-refractivity contribution >= 4 is 22.7 Å². The molecule has 0 bridgehead atoms. The van der Waals surface area contributed by atoms with E-state index in [2.05, 4.69) is 0 Å². The van der Waals surface area contributed by atoms with E-state index < -0.39 is 21.5 Å². The Morgan fingerprint density at radius 3 is 2.75 bits per heavy atom. The quantitative estimate of drug-likeness (QED) is 0.782. The number of ether oxygens (including phenoxy) is 2. The summed E-state index contributed by atoms with van der Waals surface area (Å²) in [5.74, 6) is -0.768.